The summed E-state index contributed by atoms with van der Waals surface area (Å²) in [5.41, 5.74) is 0. The van der Waals surface area contributed by atoms with Gasteiger partial charge in [0.2, 0.25) is 5.95 Å². The fourth-order valence-electron chi connectivity index (χ4n) is 2.87. The first-order chi connectivity index (χ1) is 9.19. The molecule has 1 aromatic rings. The van der Waals surface area contributed by atoms with Gasteiger partial charge in [0.25, 0.3) is 0 Å². The van der Waals surface area contributed by atoms with Crippen molar-refractivity contribution < 1.29 is 9.47 Å². The molecule has 6 heteroatoms. The lowest BCUT2D eigenvalue weighted by molar-refractivity contribution is -0.178. The quantitative estimate of drug-likeness (QED) is 0.834. The van der Waals surface area contributed by atoms with E-state index in [1.807, 2.05) is 0 Å². The van der Waals surface area contributed by atoms with Crippen LogP contribution in [-0.4, -0.2) is 42.1 Å². The van der Waals surface area contributed by atoms with Crippen LogP contribution in [0.5, 0.6) is 0 Å². The van der Waals surface area contributed by atoms with Crippen LogP contribution in [0.25, 0.3) is 0 Å². The maximum Gasteiger partial charge on any atom is 0.225 e. The highest BCUT2D eigenvalue weighted by Crippen LogP contribution is 2.37. The molecule has 1 aromatic heterocycles. The second kappa shape index (κ2) is 5.34. The van der Waals surface area contributed by atoms with Crippen LogP contribution in [0, 0.1) is 0 Å². The molecule has 0 amide bonds. The molecule has 19 heavy (non-hydrogen) atoms. The highest BCUT2D eigenvalue weighted by Gasteiger charge is 2.41. The maximum atomic E-state index is 5.75. The topological polar surface area (TPSA) is 47.5 Å². The monoisotopic (exact) mass is 327 g/mol. The van der Waals surface area contributed by atoms with E-state index in [2.05, 4.69) is 37.8 Å². The molecule has 5 nitrogen and oxygen atoms in total. The molecule has 1 aliphatic carbocycles. The first-order valence-corrected chi connectivity index (χ1v) is 7.46. The Balaban J connectivity index is 1.63. The van der Waals surface area contributed by atoms with Gasteiger partial charge in [0.1, 0.15) is 0 Å². The Hall–Kier alpha value is -0.720. The van der Waals surface area contributed by atoms with Gasteiger partial charge in [-0.15, -0.1) is 0 Å². The molecule has 0 atom stereocenters. The summed E-state index contributed by atoms with van der Waals surface area (Å²) in [6, 6.07) is 0.458. The lowest BCUT2D eigenvalue weighted by atomic mass is 9.89. The SMILES string of the molecule is CN(c1ncc(Br)cn1)C1CCC2(CC1)OCCO2. The van der Waals surface area contributed by atoms with Gasteiger partial charge in [-0.05, 0) is 28.8 Å². The van der Waals surface area contributed by atoms with Crippen molar-refractivity contribution in [3.05, 3.63) is 16.9 Å². The highest BCUT2D eigenvalue weighted by atomic mass is 79.9. The number of aromatic nitrogens is 2. The van der Waals surface area contributed by atoms with Crippen LogP contribution in [0.4, 0.5) is 5.95 Å². The van der Waals surface area contributed by atoms with Crippen molar-refractivity contribution in [3.8, 4) is 0 Å². The van der Waals surface area contributed by atoms with Crippen molar-refractivity contribution in [2.45, 2.75) is 37.5 Å². The number of rotatable bonds is 2. The number of hydrogen-bond acceptors (Lipinski definition) is 5. The van der Waals surface area contributed by atoms with Crippen LogP contribution in [0.15, 0.2) is 16.9 Å². The minimum absolute atomic E-state index is 0.294. The van der Waals surface area contributed by atoms with Gasteiger partial charge in [-0.2, -0.15) is 0 Å². The molecule has 1 aliphatic heterocycles. The Labute approximate surface area is 121 Å². The molecule has 1 saturated heterocycles. The van der Waals surface area contributed by atoms with Crippen molar-refractivity contribution in [1.82, 2.24) is 9.97 Å². The van der Waals surface area contributed by atoms with Crippen LogP contribution in [-0.2, 0) is 9.47 Å². The van der Waals surface area contributed by atoms with Gasteiger partial charge in [-0.25, -0.2) is 9.97 Å². The summed E-state index contributed by atoms with van der Waals surface area (Å²) in [5, 5.41) is 0. The third-order valence-electron chi connectivity index (χ3n) is 4.00. The fraction of sp³-hybridized carbons (Fsp3) is 0.692. The molecular formula is C13H18BrN3O2. The Kier molecular flexibility index (Phi) is 3.73. The van der Waals surface area contributed by atoms with E-state index in [-0.39, 0.29) is 5.79 Å². The number of anilines is 1. The van der Waals surface area contributed by atoms with Gasteiger partial charge in [-0.1, -0.05) is 0 Å². The zero-order valence-electron chi connectivity index (χ0n) is 11.0. The van der Waals surface area contributed by atoms with Gasteiger partial charge < -0.3 is 14.4 Å². The van der Waals surface area contributed by atoms with E-state index in [9.17, 15) is 0 Å². The fourth-order valence-corrected chi connectivity index (χ4v) is 3.07. The van der Waals surface area contributed by atoms with Crippen LogP contribution in [0.3, 0.4) is 0 Å². The smallest absolute Gasteiger partial charge is 0.225 e. The summed E-state index contributed by atoms with van der Waals surface area (Å²) in [7, 11) is 2.06. The molecule has 1 spiro atoms. The number of hydrogen-bond donors (Lipinski definition) is 0. The van der Waals surface area contributed by atoms with E-state index >= 15 is 0 Å². The molecule has 2 aliphatic rings. The molecule has 3 rings (SSSR count). The van der Waals surface area contributed by atoms with Gasteiger partial charge >= 0.3 is 0 Å². The van der Waals surface area contributed by atoms with Crippen molar-refractivity contribution in [1.29, 1.82) is 0 Å². The zero-order valence-corrected chi connectivity index (χ0v) is 12.6. The Bertz CT molecular complexity index is 424. The van der Waals surface area contributed by atoms with Crippen molar-refractivity contribution in [2.24, 2.45) is 0 Å². The molecule has 104 valence electrons. The second-order valence-corrected chi connectivity index (χ2v) is 6.07. The van der Waals surface area contributed by atoms with Crippen LogP contribution in [0.2, 0.25) is 0 Å². The molecule has 0 aromatic carbocycles. The van der Waals surface area contributed by atoms with E-state index < -0.39 is 0 Å². The van der Waals surface area contributed by atoms with Crippen LogP contribution >= 0.6 is 15.9 Å². The van der Waals surface area contributed by atoms with Gasteiger partial charge in [-0.3, -0.25) is 0 Å². The first kappa shape index (κ1) is 13.3. The van der Waals surface area contributed by atoms with E-state index in [1.54, 1.807) is 12.4 Å². The van der Waals surface area contributed by atoms with Gasteiger partial charge in [0.05, 0.1) is 17.7 Å². The summed E-state index contributed by atoms with van der Waals surface area (Å²) in [5.74, 6) is 0.482. The molecular weight excluding hydrogens is 310 g/mol. The molecule has 0 bridgehead atoms. The third kappa shape index (κ3) is 2.75. The van der Waals surface area contributed by atoms with Crippen molar-refractivity contribution >= 4 is 21.9 Å². The summed E-state index contributed by atoms with van der Waals surface area (Å²) < 4.78 is 12.4. The predicted molar refractivity (Wildman–Crippen MR) is 75.0 cm³/mol. The predicted octanol–water partition coefficient (Wildman–Crippen LogP) is 2.36. The van der Waals surface area contributed by atoms with Gasteiger partial charge in [0.15, 0.2) is 5.79 Å². The Morgan fingerprint density at radius 1 is 1.21 bits per heavy atom. The first-order valence-electron chi connectivity index (χ1n) is 6.67. The number of halogens is 1. The number of nitrogens with zero attached hydrogens (tertiary/aromatic N) is 3. The molecule has 2 fully saturated rings. The van der Waals surface area contributed by atoms with E-state index in [4.69, 9.17) is 9.47 Å². The minimum atomic E-state index is -0.294. The zero-order chi connectivity index (χ0) is 13.3. The van der Waals surface area contributed by atoms with Gasteiger partial charge in [0, 0.05) is 38.3 Å². The largest absolute Gasteiger partial charge is 0.348 e. The Morgan fingerprint density at radius 3 is 2.37 bits per heavy atom. The molecule has 2 heterocycles. The standard InChI is InChI=1S/C13H18BrN3O2/c1-17(12-15-8-10(14)9-16-12)11-2-4-13(5-3-11)18-6-7-19-13/h8-9,11H,2-7H2,1H3. The van der Waals surface area contributed by atoms with Crippen molar-refractivity contribution in [2.75, 3.05) is 25.2 Å². The summed E-state index contributed by atoms with van der Waals surface area (Å²) in [6.45, 7) is 1.46. The van der Waals surface area contributed by atoms with Crippen LogP contribution in [0.1, 0.15) is 25.7 Å². The van der Waals surface area contributed by atoms with E-state index in [0.29, 0.717) is 6.04 Å². The minimum Gasteiger partial charge on any atom is -0.348 e. The maximum absolute atomic E-state index is 5.75. The third-order valence-corrected chi connectivity index (χ3v) is 4.41. The molecule has 0 unspecified atom stereocenters. The normalized spacial score (nSPS) is 22.8. The van der Waals surface area contributed by atoms with E-state index in [1.165, 1.54) is 0 Å². The summed E-state index contributed by atoms with van der Waals surface area (Å²) >= 11 is 3.35. The molecule has 1 saturated carbocycles. The summed E-state index contributed by atoms with van der Waals surface area (Å²) in [6.07, 6.45) is 7.58. The molecule has 0 radical (unpaired) electrons. The number of ether oxygens (including phenoxy) is 2. The lowest BCUT2D eigenvalue weighted by Gasteiger charge is -2.38. The second-order valence-electron chi connectivity index (χ2n) is 5.15. The van der Waals surface area contributed by atoms with Crippen LogP contribution < -0.4 is 4.90 Å². The lowest BCUT2D eigenvalue weighted by Crippen LogP contribution is -2.43. The molecule has 0 N–H and O–H groups in total. The van der Waals surface area contributed by atoms with E-state index in [0.717, 1.165) is 49.3 Å². The Morgan fingerprint density at radius 2 is 1.79 bits per heavy atom. The highest BCUT2D eigenvalue weighted by molar-refractivity contribution is 9.10. The van der Waals surface area contributed by atoms with Crippen molar-refractivity contribution in [3.63, 3.8) is 0 Å². The average molecular weight is 328 g/mol. The average Bonchev–Trinajstić information content (AvgIpc) is 2.88. The summed E-state index contributed by atoms with van der Waals surface area (Å²) in [4.78, 5) is 10.9.